The van der Waals surface area contributed by atoms with Gasteiger partial charge in [0.05, 0.1) is 12.5 Å². The van der Waals surface area contributed by atoms with Gasteiger partial charge in [-0.15, -0.1) is 5.10 Å². The molecular weight excluding hydrogens is 569 g/mol. The fourth-order valence-electron chi connectivity index (χ4n) is 6.64. The lowest BCUT2D eigenvalue weighted by molar-refractivity contribution is -0.143. The van der Waals surface area contributed by atoms with Gasteiger partial charge in [0.2, 0.25) is 5.95 Å². The smallest absolute Gasteiger partial charge is 0.415 e. The van der Waals surface area contributed by atoms with Crippen LogP contribution in [0.3, 0.4) is 0 Å². The van der Waals surface area contributed by atoms with E-state index in [0.717, 1.165) is 75.0 Å². The van der Waals surface area contributed by atoms with E-state index >= 15 is 0 Å². The third-order valence-electron chi connectivity index (χ3n) is 8.98. The fraction of sp³-hybridized carbons (Fsp3) is 0.515. The van der Waals surface area contributed by atoms with Crippen molar-refractivity contribution in [2.24, 2.45) is 18.9 Å². The van der Waals surface area contributed by atoms with Crippen molar-refractivity contribution in [1.82, 2.24) is 14.8 Å². The molecule has 1 N–H and O–H groups in total. The lowest BCUT2D eigenvalue weighted by Crippen LogP contribution is -2.34. The summed E-state index contributed by atoms with van der Waals surface area (Å²) in [5, 5.41) is 14.0. The van der Waals surface area contributed by atoms with Crippen molar-refractivity contribution < 1.29 is 23.1 Å². The van der Waals surface area contributed by atoms with Crippen molar-refractivity contribution in [2.75, 3.05) is 22.9 Å². The molecule has 3 aromatic rings. The number of aromatic nitrogens is 3. The number of hydrogen-bond donors (Lipinski definition) is 1. The van der Waals surface area contributed by atoms with Gasteiger partial charge in [0, 0.05) is 44.5 Å². The number of carbonyl (C=O) groups is 1. The first-order valence-electron chi connectivity index (χ1n) is 15.4. The molecular formula is C33H39F3N6O2. The molecule has 1 aromatic heterocycles. The zero-order valence-corrected chi connectivity index (χ0v) is 25.3. The minimum atomic E-state index is -4.57. The Morgan fingerprint density at radius 1 is 1.05 bits per heavy atom. The number of halogens is 3. The van der Waals surface area contributed by atoms with Crippen molar-refractivity contribution in [3.63, 3.8) is 0 Å². The summed E-state index contributed by atoms with van der Waals surface area (Å²) < 4.78 is 42.7. The topological polar surface area (TPSA) is 78.9 Å². The van der Waals surface area contributed by atoms with E-state index < -0.39 is 17.7 Å². The molecule has 0 bridgehead atoms. The molecule has 5 rings (SSSR count). The second-order valence-corrected chi connectivity index (χ2v) is 12.1. The summed E-state index contributed by atoms with van der Waals surface area (Å²) in [4.78, 5) is 23.5. The number of aryl methyl sites for hydroxylation is 3. The minimum absolute atomic E-state index is 0.0620. The van der Waals surface area contributed by atoms with Crippen LogP contribution in [0.15, 0.2) is 36.7 Å². The number of anilines is 2. The lowest BCUT2D eigenvalue weighted by atomic mass is 9.81. The summed E-state index contributed by atoms with van der Waals surface area (Å²) in [6.45, 7) is 11.6. The molecule has 2 aliphatic carbocycles. The Morgan fingerprint density at radius 2 is 1.75 bits per heavy atom. The van der Waals surface area contributed by atoms with Crippen LogP contribution in [-0.4, -0.2) is 38.9 Å². The molecule has 44 heavy (non-hydrogen) atoms. The highest BCUT2D eigenvalue weighted by atomic mass is 19.4. The first-order chi connectivity index (χ1) is 21.0. The number of benzene rings is 2. The van der Waals surface area contributed by atoms with Gasteiger partial charge in [-0.3, -0.25) is 9.48 Å². The van der Waals surface area contributed by atoms with Gasteiger partial charge in [0.25, 0.3) is 0 Å². The molecule has 1 saturated carbocycles. The van der Waals surface area contributed by atoms with Gasteiger partial charge in [-0.05, 0) is 105 Å². The molecule has 2 aliphatic rings. The van der Waals surface area contributed by atoms with Crippen LogP contribution in [0.1, 0.15) is 73.3 Å². The van der Waals surface area contributed by atoms with E-state index in [4.69, 9.17) is 6.57 Å². The summed E-state index contributed by atoms with van der Waals surface area (Å²) in [5.41, 5.74) is 4.24. The SMILES string of the molecule is [C-]#[N+]c1cc(CN(Cc2cc3c(cc2N(CC)C[C@H]2CC[C@H](C(=O)O)CC2)CCCC3)c2ncn(C)n2)cc(C(F)(F)F)c1. The highest BCUT2D eigenvalue weighted by Gasteiger charge is 2.32. The van der Waals surface area contributed by atoms with Crippen LogP contribution < -0.4 is 9.80 Å². The second kappa shape index (κ2) is 13.3. The number of carboxylic acid groups (broad SMARTS) is 1. The van der Waals surface area contributed by atoms with Crippen LogP contribution in [0, 0.1) is 18.4 Å². The molecule has 0 saturated heterocycles. The van der Waals surface area contributed by atoms with Crippen molar-refractivity contribution in [2.45, 2.75) is 77.6 Å². The Hall–Kier alpha value is -4.07. The first-order valence-corrected chi connectivity index (χ1v) is 15.4. The summed E-state index contributed by atoms with van der Waals surface area (Å²) in [5.74, 6) is -0.187. The molecule has 0 radical (unpaired) electrons. The Labute approximate surface area is 256 Å². The number of rotatable bonds is 10. The molecule has 0 spiro atoms. The van der Waals surface area contributed by atoms with Gasteiger partial charge >= 0.3 is 12.1 Å². The Kier molecular flexibility index (Phi) is 9.47. The highest BCUT2D eigenvalue weighted by Crippen LogP contribution is 2.36. The summed E-state index contributed by atoms with van der Waals surface area (Å²) >= 11 is 0. The number of alkyl halides is 3. The molecule has 234 valence electrons. The molecule has 2 aromatic carbocycles. The molecule has 0 amide bonds. The highest BCUT2D eigenvalue weighted by molar-refractivity contribution is 5.70. The average Bonchev–Trinajstić information content (AvgIpc) is 3.45. The van der Waals surface area contributed by atoms with Gasteiger partial charge < -0.3 is 14.9 Å². The summed E-state index contributed by atoms with van der Waals surface area (Å²) in [7, 11) is 1.75. The summed E-state index contributed by atoms with van der Waals surface area (Å²) in [6, 6.07) is 8.02. The fourth-order valence-corrected chi connectivity index (χ4v) is 6.64. The predicted octanol–water partition coefficient (Wildman–Crippen LogP) is 7.19. The molecule has 0 unspecified atom stereocenters. The molecule has 1 heterocycles. The van der Waals surface area contributed by atoms with Gasteiger partial charge in [0.1, 0.15) is 6.33 Å². The number of aliphatic carboxylic acids is 1. The number of hydrogen-bond acceptors (Lipinski definition) is 5. The van der Waals surface area contributed by atoms with Crippen molar-refractivity contribution in [3.05, 3.63) is 75.9 Å². The number of fused-ring (bicyclic) bond motifs is 1. The van der Waals surface area contributed by atoms with Crippen LogP contribution in [-0.2, 0) is 43.9 Å². The largest absolute Gasteiger partial charge is 0.481 e. The standard InChI is InChI=1S/C33H39F3N6O2/c1-4-41(18-22-9-11-24(12-10-22)31(43)44)30-16-26-8-6-5-7-25(26)15-27(30)20-42(32-38-21-40(3)39-32)19-23-13-28(33(34,35)36)17-29(14-23)37-2/h13-17,21-22,24H,4-12,18-20H2,1,3H3,(H,43,44)/t22-,24-. The first kappa shape index (κ1) is 31.4. The van der Waals surface area contributed by atoms with Gasteiger partial charge in [-0.25, -0.2) is 9.83 Å². The molecule has 8 nitrogen and oxygen atoms in total. The monoisotopic (exact) mass is 608 g/mol. The maximum absolute atomic E-state index is 13.7. The maximum Gasteiger partial charge on any atom is 0.415 e. The zero-order valence-electron chi connectivity index (χ0n) is 25.3. The third-order valence-corrected chi connectivity index (χ3v) is 8.98. The van der Waals surface area contributed by atoms with Crippen LogP contribution in [0.2, 0.25) is 0 Å². The number of nitrogens with zero attached hydrogens (tertiary/aromatic N) is 6. The second-order valence-electron chi connectivity index (χ2n) is 12.1. The van der Waals surface area contributed by atoms with Crippen LogP contribution >= 0.6 is 0 Å². The molecule has 1 fully saturated rings. The minimum Gasteiger partial charge on any atom is -0.481 e. The Morgan fingerprint density at radius 3 is 2.34 bits per heavy atom. The quantitative estimate of drug-likeness (QED) is 0.246. The maximum atomic E-state index is 13.7. The van der Waals surface area contributed by atoms with E-state index in [1.807, 2.05) is 4.90 Å². The van der Waals surface area contributed by atoms with Crippen LogP contribution in [0.25, 0.3) is 4.85 Å². The van der Waals surface area contributed by atoms with E-state index in [1.165, 1.54) is 17.2 Å². The van der Waals surface area contributed by atoms with E-state index in [2.05, 4.69) is 38.9 Å². The van der Waals surface area contributed by atoms with Crippen LogP contribution in [0.5, 0.6) is 0 Å². The molecule has 0 aliphatic heterocycles. The van der Waals surface area contributed by atoms with E-state index in [0.29, 0.717) is 36.8 Å². The van der Waals surface area contributed by atoms with Gasteiger partial charge in [0.15, 0.2) is 5.69 Å². The Balaban J connectivity index is 1.49. The Bertz CT molecular complexity index is 1520. The van der Waals surface area contributed by atoms with Gasteiger partial charge in [-0.2, -0.15) is 13.2 Å². The van der Waals surface area contributed by atoms with Gasteiger partial charge in [-0.1, -0.05) is 12.1 Å². The normalized spacial score (nSPS) is 18.4. The van der Waals surface area contributed by atoms with E-state index in [1.54, 1.807) is 18.1 Å². The lowest BCUT2D eigenvalue weighted by Gasteiger charge is -2.35. The average molecular weight is 609 g/mol. The van der Waals surface area contributed by atoms with Crippen molar-refractivity contribution in [3.8, 4) is 0 Å². The van der Waals surface area contributed by atoms with Crippen LogP contribution in [0.4, 0.5) is 30.5 Å². The van der Waals surface area contributed by atoms with E-state index in [9.17, 15) is 23.1 Å². The predicted molar refractivity (Wildman–Crippen MR) is 163 cm³/mol. The molecule has 11 heteroatoms. The van der Waals surface area contributed by atoms with E-state index in [-0.39, 0.29) is 18.2 Å². The zero-order chi connectivity index (χ0) is 31.4. The third kappa shape index (κ3) is 7.34. The number of carboxylic acids is 1. The van der Waals surface area contributed by atoms with Crippen molar-refractivity contribution in [1.29, 1.82) is 0 Å². The molecule has 0 atom stereocenters. The van der Waals surface area contributed by atoms with Crippen molar-refractivity contribution >= 4 is 23.3 Å². The summed E-state index contributed by atoms with van der Waals surface area (Å²) in [6.07, 6.45) is 4.38.